The molecule has 1 saturated heterocycles. The molecule has 5 heteroatoms. The van der Waals surface area contributed by atoms with Gasteiger partial charge in [-0.1, -0.05) is 6.07 Å². The zero-order chi connectivity index (χ0) is 13.8. The predicted octanol–water partition coefficient (Wildman–Crippen LogP) is 1.90. The lowest BCUT2D eigenvalue weighted by atomic mass is 10.3. The average molecular weight is 269 g/mol. The molecule has 5 nitrogen and oxygen atoms in total. The fraction of sp³-hybridized carbons (Fsp3) is 0.400. The van der Waals surface area contributed by atoms with Crippen molar-refractivity contribution in [2.45, 2.75) is 13.3 Å². The van der Waals surface area contributed by atoms with Crippen molar-refractivity contribution in [3.8, 4) is 0 Å². The minimum atomic E-state index is 0.827. The smallest absolute Gasteiger partial charge is 0.132 e. The molecule has 20 heavy (non-hydrogen) atoms. The lowest BCUT2D eigenvalue weighted by Gasteiger charge is -2.23. The maximum atomic E-state index is 4.52. The molecule has 0 aliphatic carbocycles. The van der Waals surface area contributed by atoms with Crippen molar-refractivity contribution < 1.29 is 0 Å². The summed E-state index contributed by atoms with van der Waals surface area (Å²) in [4.78, 5) is 17.8. The number of anilines is 2. The van der Waals surface area contributed by atoms with Crippen LogP contribution in [0.5, 0.6) is 0 Å². The van der Waals surface area contributed by atoms with Crippen LogP contribution in [0.25, 0.3) is 0 Å². The molecule has 0 N–H and O–H groups in total. The highest BCUT2D eigenvalue weighted by molar-refractivity contribution is 5.42. The molecule has 0 unspecified atom stereocenters. The third-order valence-electron chi connectivity index (χ3n) is 3.55. The van der Waals surface area contributed by atoms with Gasteiger partial charge >= 0.3 is 0 Å². The summed E-state index contributed by atoms with van der Waals surface area (Å²) in [6.45, 7) is 5.94. The molecule has 2 aromatic rings. The number of aryl methyl sites for hydroxylation is 1. The highest BCUT2D eigenvalue weighted by Gasteiger charge is 2.16. The van der Waals surface area contributed by atoms with Gasteiger partial charge in [-0.2, -0.15) is 0 Å². The first-order valence-corrected chi connectivity index (χ1v) is 7.03. The molecule has 0 radical (unpaired) electrons. The molecule has 0 bridgehead atoms. The summed E-state index contributed by atoms with van der Waals surface area (Å²) in [5.74, 6) is 2.92. The van der Waals surface area contributed by atoms with E-state index in [2.05, 4.69) is 30.8 Å². The van der Waals surface area contributed by atoms with Gasteiger partial charge < -0.3 is 9.80 Å². The van der Waals surface area contributed by atoms with Crippen molar-refractivity contribution in [1.29, 1.82) is 0 Å². The van der Waals surface area contributed by atoms with Gasteiger partial charge in [0.15, 0.2) is 0 Å². The van der Waals surface area contributed by atoms with E-state index in [9.17, 15) is 0 Å². The van der Waals surface area contributed by atoms with Crippen molar-refractivity contribution in [3.63, 3.8) is 0 Å². The first kappa shape index (κ1) is 12.8. The molecule has 0 saturated carbocycles. The summed E-state index contributed by atoms with van der Waals surface area (Å²) >= 11 is 0. The van der Waals surface area contributed by atoms with Crippen LogP contribution in [0.1, 0.15) is 12.2 Å². The van der Waals surface area contributed by atoms with Crippen LogP contribution in [0.3, 0.4) is 0 Å². The second kappa shape index (κ2) is 5.86. The highest BCUT2D eigenvalue weighted by atomic mass is 15.3. The third kappa shape index (κ3) is 2.87. The Hall–Kier alpha value is -2.17. The molecule has 3 heterocycles. The van der Waals surface area contributed by atoms with E-state index >= 15 is 0 Å². The molecule has 2 aromatic heterocycles. The number of nitrogens with zero attached hydrogens (tertiary/aromatic N) is 5. The molecule has 0 amide bonds. The minimum absolute atomic E-state index is 0.827. The van der Waals surface area contributed by atoms with E-state index in [0.717, 1.165) is 50.1 Å². The van der Waals surface area contributed by atoms with Crippen LogP contribution >= 0.6 is 0 Å². The second-order valence-corrected chi connectivity index (χ2v) is 4.98. The molecule has 1 aliphatic heterocycles. The Morgan fingerprint density at radius 3 is 2.35 bits per heavy atom. The maximum Gasteiger partial charge on any atom is 0.132 e. The molecule has 1 aliphatic rings. The standard InChI is InChI=1S/C15H19N5/c1-13-16-8-6-15(18-13)20-10-4-9-19(11-12-20)14-5-2-3-7-17-14/h2-3,5-8H,4,9-12H2,1H3. The number of pyridine rings is 1. The van der Waals surface area contributed by atoms with Crippen molar-refractivity contribution in [2.75, 3.05) is 36.0 Å². The van der Waals surface area contributed by atoms with Crippen LogP contribution < -0.4 is 9.80 Å². The number of rotatable bonds is 2. The Kier molecular flexibility index (Phi) is 3.76. The Morgan fingerprint density at radius 1 is 0.850 bits per heavy atom. The maximum absolute atomic E-state index is 4.52. The Labute approximate surface area is 119 Å². The molecular formula is C15H19N5. The lowest BCUT2D eigenvalue weighted by Crippen LogP contribution is -2.31. The van der Waals surface area contributed by atoms with Crippen LogP contribution in [-0.4, -0.2) is 41.1 Å². The van der Waals surface area contributed by atoms with E-state index in [-0.39, 0.29) is 0 Å². The monoisotopic (exact) mass is 269 g/mol. The van der Waals surface area contributed by atoms with Gasteiger partial charge in [0.2, 0.25) is 0 Å². The quantitative estimate of drug-likeness (QED) is 0.833. The van der Waals surface area contributed by atoms with Crippen LogP contribution in [0.15, 0.2) is 36.7 Å². The van der Waals surface area contributed by atoms with E-state index in [1.165, 1.54) is 0 Å². The van der Waals surface area contributed by atoms with Gasteiger partial charge in [0.05, 0.1) is 0 Å². The Bertz CT molecular complexity index is 557. The van der Waals surface area contributed by atoms with Crippen molar-refractivity contribution >= 4 is 11.6 Å². The normalized spacial score (nSPS) is 16.1. The van der Waals surface area contributed by atoms with E-state index in [1.54, 1.807) is 0 Å². The topological polar surface area (TPSA) is 45.2 Å². The molecule has 1 fully saturated rings. The molecular weight excluding hydrogens is 250 g/mol. The number of aromatic nitrogens is 3. The van der Waals surface area contributed by atoms with Crippen LogP contribution in [0, 0.1) is 6.92 Å². The van der Waals surface area contributed by atoms with Gasteiger partial charge in [-0.15, -0.1) is 0 Å². The van der Waals surface area contributed by atoms with Crippen molar-refractivity contribution in [3.05, 3.63) is 42.5 Å². The summed E-state index contributed by atoms with van der Waals surface area (Å²) in [7, 11) is 0. The van der Waals surface area contributed by atoms with Crippen LogP contribution in [0.2, 0.25) is 0 Å². The summed E-state index contributed by atoms with van der Waals surface area (Å²) < 4.78 is 0. The van der Waals surface area contributed by atoms with Crippen LogP contribution in [-0.2, 0) is 0 Å². The highest BCUT2D eigenvalue weighted by Crippen LogP contribution is 2.16. The van der Waals surface area contributed by atoms with Gasteiger partial charge in [-0.05, 0) is 31.5 Å². The SMILES string of the molecule is Cc1nccc(N2CCCN(c3ccccn3)CC2)n1. The second-order valence-electron chi connectivity index (χ2n) is 4.98. The lowest BCUT2D eigenvalue weighted by molar-refractivity contribution is 0.790. The molecule has 0 atom stereocenters. The van der Waals surface area contributed by atoms with Gasteiger partial charge in [-0.3, -0.25) is 0 Å². The molecule has 0 spiro atoms. The van der Waals surface area contributed by atoms with Crippen LogP contribution in [0.4, 0.5) is 11.6 Å². The zero-order valence-electron chi connectivity index (χ0n) is 11.7. The largest absolute Gasteiger partial charge is 0.355 e. The molecule has 0 aromatic carbocycles. The summed E-state index contributed by atoms with van der Waals surface area (Å²) in [5.41, 5.74) is 0. The predicted molar refractivity (Wildman–Crippen MR) is 80.0 cm³/mol. The Morgan fingerprint density at radius 2 is 1.65 bits per heavy atom. The molecule has 104 valence electrons. The van der Waals surface area contributed by atoms with Gasteiger partial charge in [0, 0.05) is 38.6 Å². The minimum Gasteiger partial charge on any atom is -0.355 e. The van der Waals surface area contributed by atoms with Crippen molar-refractivity contribution in [1.82, 2.24) is 15.0 Å². The first-order chi connectivity index (χ1) is 9.83. The van der Waals surface area contributed by atoms with Gasteiger partial charge in [0.1, 0.15) is 17.5 Å². The Balaban J connectivity index is 1.71. The van der Waals surface area contributed by atoms with E-state index in [1.807, 2.05) is 37.5 Å². The van der Waals surface area contributed by atoms with Crippen molar-refractivity contribution in [2.24, 2.45) is 0 Å². The number of hydrogen-bond acceptors (Lipinski definition) is 5. The van der Waals surface area contributed by atoms with Gasteiger partial charge in [-0.25, -0.2) is 15.0 Å². The number of hydrogen-bond donors (Lipinski definition) is 0. The third-order valence-corrected chi connectivity index (χ3v) is 3.55. The summed E-state index contributed by atoms with van der Waals surface area (Å²) in [6.07, 6.45) is 4.80. The fourth-order valence-electron chi connectivity index (χ4n) is 2.54. The summed E-state index contributed by atoms with van der Waals surface area (Å²) in [6, 6.07) is 8.06. The van der Waals surface area contributed by atoms with E-state index < -0.39 is 0 Å². The van der Waals surface area contributed by atoms with E-state index in [4.69, 9.17) is 0 Å². The zero-order valence-corrected chi connectivity index (χ0v) is 11.7. The van der Waals surface area contributed by atoms with Gasteiger partial charge in [0.25, 0.3) is 0 Å². The van der Waals surface area contributed by atoms with E-state index in [0.29, 0.717) is 0 Å². The first-order valence-electron chi connectivity index (χ1n) is 7.03. The fourth-order valence-corrected chi connectivity index (χ4v) is 2.54. The average Bonchev–Trinajstić information content (AvgIpc) is 2.74. The summed E-state index contributed by atoms with van der Waals surface area (Å²) in [5, 5.41) is 0. The molecule has 3 rings (SSSR count).